The summed E-state index contributed by atoms with van der Waals surface area (Å²) >= 11 is 5.81. The van der Waals surface area contributed by atoms with E-state index in [0.717, 1.165) is 0 Å². The molecule has 1 aromatic rings. The van der Waals surface area contributed by atoms with Gasteiger partial charge in [0.15, 0.2) is 0 Å². The summed E-state index contributed by atoms with van der Waals surface area (Å²) in [5, 5.41) is 2.85. The molecule has 74 valence electrons. The van der Waals surface area contributed by atoms with Crippen molar-refractivity contribution in [2.75, 3.05) is 6.61 Å². The van der Waals surface area contributed by atoms with Crippen LogP contribution in [0.1, 0.15) is 11.6 Å². The first-order valence-electron chi connectivity index (χ1n) is 4.05. The molecule has 1 saturated heterocycles. The Morgan fingerprint density at radius 2 is 2.36 bits per heavy atom. The first-order chi connectivity index (χ1) is 6.66. The first kappa shape index (κ1) is 9.27. The van der Waals surface area contributed by atoms with E-state index < -0.39 is 11.9 Å². The lowest BCUT2D eigenvalue weighted by molar-refractivity contribution is 0.177. The Morgan fingerprint density at radius 1 is 1.57 bits per heavy atom. The largest absolute Gasteiger partial charge is 0.447 e. The highest BCUT2D eigenvalue weighted by Gasteiger charge is 2.25. The molecule has 2 rings (SSSR count). The van der Waals surface area contributed by atoms with Gasteiger partial charge in [0.2, 0.25) is 0 Å². The Balaban J connectivity index is 2.28. The van der Waals surface area contributed by atoms with Gasteiger partial charge in [-0.15, -0.1) is 0 Å². The predicted octanol–water partition coefficient (Wildman–Crippen LogP) is 2.26. The van der Waals surface area contributed by atoms with Crippen molar-refractivity contribution >= 4 is 17.7 Å². The summed E-state index contributed by atoms with van der Waals surface area (Å²) in [5.41, 5.74) is 0.666. The normalized spacial score (nSPS) is 20.4. The number of ether oxygens (including phenoxy) is 1. The number of nitrogens with one attached hydrogen (secondary N) is 1. The van der Waals surface area contributed by atoms with Gasteiger partial charge < -0.3 is 10.1 Å². The number of halogens is 2. The lowest BCUT2D eigenvalue weighted by Crippen LogP contribution is -2.18. The zero-order valence-corrected chi connectivity index (χ0v) is 7.84. The number of hydrogen-bond donors (Lipinski definition) is 1. The zero-order valence-electron chi connectivity index (χ0n) is 7.09. The van der Waals surface area contributed by atoms with Crippen LogP contribution in [-0.2, 0) is 4.74 Å². The Hall–Kier alpha value is -1.29. The number of rotatable bonds is 1. The minimum Gasteiger partial charge on any atom is -0.447 e. The number of cyclic esters (lactones) is 1. The highest BCUT2D eigenvalue weighted by Crippen LogP contribution is 2.26. The van der Waals surface area contributed by atoms with E-state index in [9.17, 15) is 9.18 Å². The van der Waals surface area contributed by atoms with Crippen LogP contribution in [0.5, 0.6) is 0 Å². The van der Waals surface area contributed by atoms with Gasteiger partial charge in [0.1, 0.15) is 12.4 Å². The van der Waals surface area contributed by atoms with Gasteiger partial charge in [0.25, 0.3) is 0 Å². The second kappa shape index (κ2) is 3.46. The van der Waals surface area contributed by atoms with Crippen molar-refractivity contribution < 1.29 is 13.9 Å². The molecular weight excluding hydrogens is 209 g/mol. The van der Waals surface area contributed by atoms with Crippen molar-refractivity contribution in [3.63, 3.8) is 0 Å². The first-order valence-corrected chi connectivity index (χ1v) is 4.43. The SMILES string of the molecule is O=C1N[C@@H](c2ccc(F)cc2Cl)CO1. The van der Waals surface area contributed by atoms with Crippen molar-refractivity contribution in [1.29, 1.82) is 0 Å². The molecule has 0 radical (unpaired) electrons. The van der Waals surface area contributed by atoms with Gasteiger partial charge in [-0.2, -0.15) is 0 Å². The standard InChI is InChI=1S/C9H7ClFNO2/c10-7-3-5(11)1-2-6(7)8-4-14-9(13)12-8/h1-3,8H,4H2,(H,12,13)/t8-/m1/s1. The van der Waals surface area contributed by atoms with Gasteiger partial charge in [-0.05, 0) is 17.7 Å². The van der Waals surface area contributed by atoms with Gasteiger partial charge in [-0.1, -0.05) is 17.7 Å². The summed E-state index contributed by atoms with van der Waals surface area (Å²) in [6, 6.07) is 3.76. The third-order valence-corrected chi connectivity index (χ3v) is 2.34. The number of carbonyl (C=O) groups is 1. The van der Waals surface area contributed by atoms with Crippen molar-refractivity contribution in [2.24, 2.45) is 0 Å². The number of amides is 1. The summed E-state index contributed by atoms with van der Waals surface area (Å²) < 4.78 is 17.4. The average molecular weight is 216 g/mol. The third-order valence-electron chi connectivity index (χ3n) is 2.01. The van der Waals surface area contributed by atoms with Crippen LogP contribution in [0.15, 0.2) is 18.2 Å². The number of hydrogen-bond acceptors (Lipinski definition) is 2. The molecule has 0 spiro atoms. The quantitative estimate of drug-likeness (QED) is 0.781. The Kier molecular flexibility index (Phi) is 2.29. The predicted molar refractivity (Wildman–Crippen MR) is 48.6 cm³/mol. The fourth-order valence-corrected chi connectivity index (χ4v) is 1.64. The monoisotopic (exact) mass is 215 g/mol. The molecule has 1 N–H and O–H groups in total. The van der Waals surface area contributed by atoms with Crippen LogP contribution in [0.25, 0.3) is 0 Å². The van der Waals surface area contributed by atoms with Crippen LogP contribution in [0, 0.1) is 5.82 Å². The second-order valence-corrected chi connectivity index (χ2v) is 3.37. The van der Waals surface area contributed by atoms with Crippen LogP contribution in [0.2, 0.25) is 5.02 Å². The Morgan fingerprint density at radius 3 is 2.93 bits per heavy atom. The van der Waals surface area contributed by atoms with Crippen molar-refractivity contribution in [3.8, 4) is 0 Å². The maximum atomic E-state index is 12.7. The molecule has 1 fully saturated rings. The molecule has 1 heterocycles. The van der Waals surface area contributed by atoms with Gasteiger partial charge in [0, 0.05) is 5.02 Å². The average Bonchev–Trinajstić information content (AvgIpc) is 2.51. The summed E-state index contributed by atoms with van der Waals surface area (Å²) in [7, 11) is 0. The minimum absolute atomic E-state index is 0.226. The van der Waals surface area contributed by atoms with Crippen LogP contribution >= 0.6 is 11.6 Å². The lowest BCUT2D eigenvalue weighted by atomic mass is 10.1. The molecule has 1 atom stereocenters. The lowest BCUT2D eigenvalue weighted by Gasteiger charge is -2.09. The fraction of sp³-hybridized carbons (Fsp3) is 0.222. The van der Waals surface area contributed by atoms with Crippen LogP contribution in [-0.4, -0.2) is 12.7 Å². The molecule has 1 aromatic carbocycles. The van der Waals surface area contributed by atoms with Crippen molar-refractivity contribution in [3.05, 3.63) is 34.6 Å². The zero-order chi connectivity index (χ0) is 10.1. The van der Waals surface area contributed by atoms with Crippen LogP contribution in [0.3, 0.4) is 0 Å². The summed E-state index contributed by atoms with van der Waals surface area (Å²) in [6.45, 7) is 0.226. The van der Waals surface area contributed by atoms with E-state index in [-0.39, 0.29) is 12.6 Å². The number of carbonyl (C=O) groups excluding carboxylic acids is 1. The molecule has 1 aliphatic heterocycles. The Bertz CT molecular complexity index is 383. The Labute approximate surface area is 84.8 Å². The van der Waals surface area contributed by atoms with Gasteiger partial charge >= 0.3 is 6.09 Å². The number of alkyl carbamates (subject to hydrolysis) is 1. The van der Waals surface area contributed by atoms with E-state index in [0.29, 0.717) is 10.6 Å². The smallest absolute Gasteiger partial charge is 0.407 e. The van der Waals surface area contributed by atoms with Gasteiger partial charge in [-0.25, -0.2) is 9.18 Å². The molecule has 1 amide bonds. The molecule has 0 saturated carbocycles. The molecule has 0 aromatic heterocycles. The number of benzene rings is 1. The summed E-state index contributed by atoms with van der Waals surface area (Å²) in [4.78, 5) is 10.8. The molecule has 0 aliphatic carbocycles. The molecule has 1 aliphatic rings. The molecule has 5 heteroatoms. The van der Waals surface area contributed by atoms with E-state index in [2.05, 4.69) is 5.32 Å². The minimum atomic E-state index is -0.476. The fourth-order valence-electron chi connectivity index (χ4n) is 1.34. The van der Waals surface area contributed by atoms with Crippen molar-refractivity contribution in [2.45, 2.75) is 6.04 Å². The maximum Gasteiger partial charge on any atom is 0.407 e. The van der Waals surface area contributed by atoms with Gasteiger partial charge in [-0.3, -0.25) is 0 Å². The highest BCUT2D eigenvalue weighted by atomic mass is 35.5. The molecule has 14 heavy (non-hydrogen) atoms. The summed E-state index contributed by atoms with van der Waals surface area (Å²) in [6.07, 6.45) is -0.476. The molecule has 3 nitrogen and oxygen atoms in total. The van der Waals surface area contributed by atoms with E-state index in [4.69, 9.17) is 16.3 Å². The second-order valence-electron chi connectivity index (χ2n) is 2.96. The van der Waals surface area contributed by atoms with Crippen molar-refractivity contribution in [1.82, 2.24) is 5.32 Å². The van der Waals surface area contributed by atoms with Crippen LogP contribution in [0.4, 0.5) is 9.18 Å². The van der Waals surface area contributed by atoms with E-state index >= 15 is 0 Å². The molecular formula is C9H7ClFNO2. The third kappa shape index (κ3) is 1.65. The summed E-state index contributed by atoms with van der Waals surface area (Å²) in [5.74, 6) is -0.399. The van der Waals surface area contributed by atoms with E-state index in [1.807, 2.05) is 0 Å². The van der Waals surface area contributed by atoms with Crippen LogP contribution < -0.4 is 5.32 Å². The van der Waals surface area contributed by atoms with E-state index in [1.54, 1.807) is 0 Å². The highest BCUT2D eigenvalue weighted by molar-refractivity contribution is 6.31. The van der Waals surface area contributed by atoms with Gasteiger partial charge in [0.05, 0.1) is 6.04 Å². The van der Waals surface area contributed by atoms with E-state index in [1.165, 1.54) is 18.2 Å². The maximum absolute atomic E-state index is 12.7. The molecule has 0 unspecified atom stereocenters. The molecule has 0 bridgehead atoms. The topological polar surface area (TPSA) is 38.3 Å².